The Morgan fingerprint density at radius 2 is 2.05 bits per heavy atom. The predicted octanol–water partition coefficient (Wildman–Crippen LogP) is 2.02. The maximum atomic E-state index is 11.2. The van der Waals surface area contributed by atoms with E-state index in [1.807, 2.05) is 18.2 Å². The summed E-state index contributed by atoms with van der Waals surface area (Å²) in [6, 6.07) is 10.1. The van der Waals surface area contributed by atoms with Gasteiger partial charge >= 0.3 is 0 Å². The minimum Gasteiger partial charge on any atom is -0.374 e. The van der Waals surface area contributed by atoms with Gasteiger partial charge in [0, 0.05) is 6.61 Å². The van der Waals surface area contributed by atoms with Gasteiger partial charge in [0.15, 0.2) is 0 Å². The van der Waals surface area contributed by atoms with Crippen LogP contribution in [-0.4, -0.2) is 24.7 Å². The molecule has 2 N–H and O–H groups in total. The number of ether oxygens (including phenoxy) is 2. The number of rotatable bonds is 4. The van der Waals surface area contributed by atoms with Crippen molar-refractivity contribution in [3.05, 3.63) is 35.9 Å². The molecule has 1 heterocycles. The van der Waals surface area contributed by atoms with Gasteiger partial charge in [-0.3, -0.25) is 4.79 Å². The van der Waals surface area contributed by atoms with E-state index in [2.05, 4.69) is 12.1 Å². The van der Waals surface area contributed by atoms with Crippen molar-refractivity contribution in [2.75, 3.05) is 6.61 Å². The van der Waals surface area contributed by atoms with Crippen molar-refractivity contribution in [1.29, 1.82) is 0 Å². The fraction of sp³-hybridized carbons (Fsp3) is 0.533. The van der Waals surface area contributed by atoms with E-state index in [1.54, 1.807) is 0 Å². The van der Waals surface area contributed by atoms with Crippen LogP contribution in [0.25, 0.3) is 0 Å². The van der Waals surface area contributed by atoms with Crippen LogP contribution in [0.15, 0.2) is 30.3 Å². The first-order valence-corrected chi connectivity index (χ1v) is 6.82. The molecule has 2 rings (SSSR count). The normalized spacial score (nSPS) is 24.4. The minimum atomic E-state index is -0.455. The summed E-state index contributed by atoms with van der Waals surface area (Å²) in [5.74, 6) is -0.372. The molecule has 4 heteroatoms. The molecule has 2 atom stereocenters. The molecule has 0 radical (unpaired) electrons. The van der Waals surface area contributed by atoms with Crippen molar-refractivity contribution >= 4 is 5.91 Å². The molecule has 1 amide bonds. The molecular formula is C15H21NO3. The lowest BCUT2D eigenvalue weighted by atomic mass is 10.0. The lowest BCUT2D eigenvalue weighted by Crippen LogP contribution is -2.34. The number of benzene rings is 1. The fourth-order valence-electron chi connectivity index (χ4n) is 2.28. The maximum absolute atomic E-state index is 11.2. The predicted molar refractivity (Wildman–Crippen MR) is 72.4 cm³/mol. The Labute approximate surface area is 113 Å². The Morgan fingerprint density at radius 1 is 1.26 bits per heavy atom. The van der Waals surface area contributed by atoms with Crippen molar-refractivity contribution < 1.29 is 14.3 Å². The van der Waals surface area contributed by atoms with Crippen molar-refractivity contribution in [3.8, 4) is 0 Å². The first kappa shape index (κ1) is 14.0. The van der Waals surface area contributed by atoms with Crippen LogP contribution in [0, 0.1) is 0 Å². The molecule has 0 bridgehead atoms. The van der Waals surface area contributed by atoms with Crippen LogP contribution in [0.5, 0.6) is 0 Å². The molecule has 1 fully saturated rings. The van der Waals surface area contributed by atoms with Gasteiger partial charge in [0.1, 0.15) is 6.10 Å². The maximum Gasteiger partial charge on any atom is 0.246 e. The summed E-state index contributed by atoms with van der Waals surface area (Å²) in [6.07, 6.45) is 3.07. The van der Waals surface area contributed by atoms with Gasteiger partial charge < -0.3 is 15.2 Å². The molecule has 0 aliphatic carbocycles. The Hall–Kier alpha value is -1.39. The van der Waals surface area contributed by atoms with Gasteiger partial charge in [-0.1, -0.05) is 30.3 Å². The highest BCUT2D eigenvalue weighted by Gasteiger charge is 2.21. The smallest absolute Gasteiger partial charge is 0.246 e. The number of hydrogen-bond acceptors (Lipinski definition) is 3. The highest BCUT2D eigenvalue weighted by molar-refractivity contribution is 5.78. The lowest BCUT2D eigenvalue weighted by Gasteiger charge is -2.24. The second-order valence-electron chi connectivity index (χ2n) is 4.90. The van der Waals surface area contributed by atoms with E-state index in [0.29, 0.717) is 19.6 Å². The number of amides is 1. The van der Waals surface area contributed by atoms with Gasteiger partial charge in [-0.2, -0.15) is 0 Å². The van der Waals surface area contributed by atoms with E-state index in [1.165, 1.54) is 5.56 Å². The average molecular weight is 263 g/mol. The minimum absolute atomic E-state index is 0.186. The highest BCUT2D eigenvalue weighted by Crippen LogP contribution is 2.18. The van der Waals surface area contributed by atoms with Crippen LogP contribution < -0.4 is 5.73 Å². The van der Waals surface area contributed by atoms with Gasteiger partial charge in [-0.15, -0.1) is 0 Å². The zero-order valence-electron chi connectivity index (χ0n) is 11.1. The van der Waals surface area contributed by atoms with Crippen LogP contribution in [-0.2, 0) is 20.9 Å². The summed E-state index contributed by atoms with van der Waals surface area (Å²) in [5, 5.41) is 0. The van der Waals surface area contributed by atoms with E-state index in [0.717, 1.165) is 19.3 Å². The third-order valence-electron chi connectivity index (χ3n) is 3.39. The van der Waals surface area contributed by atoms with Gasteiger partial charge in [-0.25, -0.2) is 0 Å². The van der Waals surface area contributed by atoms with Gasteiger partial charge in [0.25, 0.3) is 0 Å². The van der Waals surface area contributed by atoms with E-state index in [4.69, 9.17) is 15.2 Å². The summed E-state index contributed by atoms with van der Waals surface area (Å²) in [6.45, 7) is 1.20. The number of primary amides is 1. The number of hydrogen-bond donors (Lipinski definition) is 1. The Kier molecular flexibility index (Phi) is 5.36. The van der Waals surface area contributed by atoms with E-state index < -0.39 is 6.10 Å². The van der Waals surface area contributed by atoms with Gasteiger partial charge in [0.2, 0.25) is 5.91 Å². The molecule has 1 aromatic rings. The topological polar surface area (TPSA) is 61.6 Å². The van der Waals surface area contributed by atoms with Crippen LogP contribution in [0.2, 0.25) is 0 Å². The number of carbonyl (C=O) groups excluding carboxylic acids is 1. The molecule has 104 valence electrons. The molecule has 19 heavy (non-hydrogen) atoms. The largest absolute Gasteiger partial charge is 0.374 e. The van der Waals surface area contributed by atoms with Crippen LogP contribution in [0.4, 0.5) is 0 Å². The molecule has 0 aromatic heterocycles. The summed E-state index contributed by atoms with van der Waals surface area (Å²) >= 11 is 0. The quantitative estimate of drug-likeness (QED) is 0.904. The fourth-order valence-corrected chi connectivity index (χ4v) is 2.28. The number of nitrogens with two attached hydrogens (primary N) is 1. The molecule has 4 nitrogen and oxygen atoms in total. The third-order valence-corrected chi connectivity index (χ3v) is 3.39. The molecule has 1 aliphatic rings. The summed E-state index contributed by atoms with van der Waals surface area (Å²) in [4.78, 5) is 11.2. The molecule has 1 saturated heterocycles. The summed E-state index contributed by atoms with van der Waals surface area (Å²) in [5.41, 5.74) is 6.47. The zero-order valence-corrected chi connectivity index (χ0v) is 11.1. The highest BCUT2D eigenvalue weighted by atomic mass is 16.5. The molecule has 1 aliphatic heterocycles. The monoisotopic (exact) mass is 263 g/mol. The Bertz CT molecular complexity index is 394. The van der Waals surface area contributed by atoms with E-state index >= 15 is 0 Å². The SMILES string of the molecule is NC(=O)[C@H]1CC[C@H](OCc2ccccc2)CCCO1. The second kappa shape index (κ2) is 7.26. The summed E-state index contributed by atoms with van der Waals surface area (Å²) < 4.78 is 11.4. The van der Waals surface area contributed by atoms with E-state index in [9.17, 15) is 4.79 Å². The molecule has 0 spiro atoms. The molecular weight excluding hydrogens is 242 g/mol. The van der Waals surface area contributed by atoms with Crippen molar-refractivity contribution in [2.24, 2.45) is 5.73 Å². The van der Waals surface area contributed by atoms with Crippen molar-refractivity contribution in [1.82, 2.24) is 0 Å². The Morgan fingerprint density at radius 3 is 2.79 bits per heavy atom. The van der Waals surface area contributed by atoms with Crippen molar-refractivity contribution in [3.63, 3.8) is 0 Å². The number of carbonyl (C=O) groups is 1. The first-order valence-electron chi connectivity index (χ1n) is 6.82. The van der Waals surface area contributed by atoms with Crippen molar-refractivity contribution in [2.45, 2.75) is 44.5 Å². The third kappa shape index (κ3) is 4.65. The summed E-state index contributed by atoms with van der Waals surface area (Å²) in [7, 11) is 0. The molecule has 1 aromatic carbocycles. The van der Waals surface area contributed by atoms with Crippen LogP contribution in [0.1, 0.15) is 31.2 Å². The lowest BCUT2D eigenvalue weighted by molar-refractivity contribution is -0.131. The first-order chi connectivity index (χ1) is 9.25. The molecule has 0 unspecified atom stereocenters. The zero-order chi connectivity index (χ0) is 13.5. The molecule has 0 saturated carbocycles. The van der Waals surface area contributed by atoms with Gasteiger partial charge in [-0.05, 0) is 31.2 Å². The second-order valence-corrected chi connectivity index (χ2v) is 4.90. The van der Waals surface area contributed by atoms with Crippen LogP contribution in [0.3, 0.4) is 0 Å². The standard InChI is InChI=1S/C15H21NO3/c16-15(17)14-9-8-13(7-4-10-18-14)19-11-12-5-2-1-3-6-12/h1-3,5-6,13-14H,4,7-11H2,(H2,16,17)/t13-,14-/m1/s1. The van der Waals surface area contributed by atoms with E-state index in [-0.39, 0.29) is 12.0 Å². The Balaban J connectivity index is 1.81. The average Bonchev–Trinajstić information content (AvgIpc) is 2.38. The van der Waals surface area contributed by atoms with Gasteiger partial charge in [0.05, 0.1) is 12.7 Å². The van der Waals surface area contributed by atoms with Crippen LogP contribution >= 0.6 is 0 Å².